The molecule has 0 aromatic heterocycles. The third kappa shape index (κ3) is 3.47. The highest BCUT2D eigenvalue weighted by Crippen LogP contribution is 2.27. The fourth-order valence-corrected chi connectivity index (χ4v) is 1.77. The van der Waals surface area contributed by atoms with Gasteiger partial charge in [-0.2, -0.15) is 0 Å². The van der Waals surface area contributed by atoms with Crippen LogP contribution in [0.2, 0.25) is 0 Å². The summed E-state index contributed by atoms with van der Waals surface area (Å²) in [4.78, 5) is 0. The Labute approximate surface area is 112 Å². The molecule has 0 heterocycles. The van der Waals surface area contributed by atoms with Crippen molar-refractivity contribution in [3.8, 4) is 17.2 Å². The lowest BCUT2D eigenvalue weighted by Crippen LogP contribution is -1.90. The van der Waals surface area contributed by atoms with Crippen molar-refractivity contribution >= 4 is 0 Å². The van der Waals surface area contributed by atoms with Crippen molar-refractivity contribution < 1.29 is 13.9 Å². The largest absolute Gasteiger partial charge is 0.497 e. The lowest BCUT2D eigenvalue weighted by Gasteiger charge is -2.09. The standard InChI is InChI=1S/C16H17FO2/c1-11(2)12-4-6-14(7-5-12)19-16-9-13(17)8-15(10-16)18-3/h4-11H,1-3H3. The molecule has 0 unspecified atom stereocenters. The quantitative estimate of drug-likeness (QED) is 0.789. The van der Waals surface area contributed by atoms with Crippen molar-refractivity contribution in [1.29, 1.82) is 0 Å². The summed E-state index contributed by atoms with van der Waals surface area (Å²) in [5.74, 6) is 1.64. The molecular weight excluding hydrogens is 243 g/mol. The lowest BCUT2D eigenvalue weighted by molar-refractivity contribution is 0.404. The highest BCUT2D eigenvalue weighted by atomic mass is 19.1. The minimum Gasteiger partial charge on any atom is -0.497 e. The van der Waals surface area contributed by atoms with Crippen molar-refractivity contribution in [2.45, 2.75) is 19.8 Å². The van der Waals surface area contributed by atoms with E-state index in [0.29, 0.717) is 23.2 Å². The van der Waals surface area contributed by atoms with Crippen LogP contribution in [0.5, 0.6) is 17.2 Å². The first-order chi connectivity index (χ1) is 9.08. The van der Waals surface area contributed by atoms with Crippen LogP contribution in [0.3, 0.4) is 0 Å². The predicted octanol–water partition coefficient (Wildman–Crippen LogP) is 4.75. The molecule has 0 N–H and O–H groups in total. The van der Waals surface area contributed by atoms with E-state index in [9.17, 15) is 4.39 Å². The molecule has 0 amide bonds. The van der Waals surface area contributed by atoms with Crippen LogP contribution in [0, 0.1) is 5.82 Å². The third-order valence-electron chi connectivity index (χ3n) is 2.86. The van der Waals surface area contributed by atoms with E-state index in [1.54, 1.807) is 6.07 Å². The van der Waals surface area contributed by atoms with E-state index in [-0.39, 0.29) is 5.82 Å². The number of hydrogen-bond donors (Lipinski definition) is 0. The Morgan fingerprint density at radius 2 is 1.53 bits per heavy atom. The minimum absolute atomic E-state index is 0.381. The molecule has 0 spiro atoms. The number of hydrogen-bond acceptors (Lipinski definition) is 2. The van der Waals surface area contributed by atoms with Gasteiger partial charge >= 0.3 is 0 Å². The molecule has 0 aliphatic carbocycles. The van der Waals surface area contributed by atoms with Gasteiger partial charge in [0.1, 0.15) is 23.1 Å². The molecule has 2 nitrogen and oxygen atoms in total. The third-order valence-corrected chi connectivity index (χ3v) is 2.86. The molecule has 0 saturated carbocycles. The van der Waals surface area contributed by atoms with Crippen LogP contribution in [-0.4, -0.2) is 7.11 Å². The summed E-state index contributed by atoms with van der Waals surface area (Å²) in [6.45, 7) is 4.26. The smallest absolute Gasteiger partial charge is 0.134 e. The summed E-state index contributed by atoms with van der Waals surface area (Å²) < 4.78 is 23.9. The molecule has 0 aliphatic heterocycles. The number of ether oxygens (including phenoxy) is 2. The van der Waals surface area contributed by atoms with E-state index in [1.807, 2.05) is 24.3 Å². The molecule has 100 valence electrons. The molecule has 0 fully saturated rings. The number of rotatable bonds is 4. The second kappa shape index (κ2) is 5.74. The van der Waals surface area contributed by atoms with Crippen molar-refractivity contribution in [1.82, 2.24) is 0 Å². The average Bonchev–Trinajstić information content (AvgIpc) is 2.38. The first-order valence-corrected chi connectivity index (χ1v) is 6.21. The van der Waals surface area contributed by atoms with Gasteiger partial charge in [-0.15, -0.1) is 0 Å². The SMILES string of the molecule is COc1cc(F)cc(Oc2ccc(C(C)C)cc2)c1. The Morgan fingerprint density at radius 3 is 2.11 bits per heavy atom. The first-order valence-electron chi connectivity index (χ1n) is 6.21. The highest BCUT2D eigenvalue weighted by molar-refractivity contribution is 5.38. The van der Waals surface area contributed by atoms with Gasteiger partial charge in [0, 0.05) is 18.2 Å². The zero-order chi connectivity index (χ0) is 13.8. The predicted molar refractivity (Wildman–Crippen MR) is 73.6 cm³/mol. The number of benzene rings is 2. The van der Waals surface area contributed by atoms with E-state index in [2.05, 4.69) is 13.8 Å². The van der Waals surface area contributed by atoms with E-state index in [0.717, 1.165) is 0 Å². The maximum Gasteiger partial charge on any atom is 0.134 e. The molecule has 2 rings (SSSR count). The fraction of sp³-hybridized carbons (Fsp3) is 0.250. The highest BCUT2D eigenvalue weighted by Gasteiger charge is 2.04. The van der Waals surface area contributed by atoms with E-state index in [4.69, 9.17) is 9.47 Å². The zero-order valence-electron chi connectivity index (χ0n) is 11.3. The van der Waals surface area contributed by atoms with Gasteiger partial charge in [0.15, 0.2) is 0 Å². The summed E-state index contributed by atoms with van der Waals surface area (Å²) in [5.41, 5.74) is 1.24. The number of halogens is 1. The van der Waals surface area contributed by atoms with Gasteiger partial charge in [-0.1, -0.05) is 26.0 Å². The van der Waals surface area contributed by atoms with Gasteiger partial charge in [-0.05, 0) is 23.6 Å². The van der Waals surface area contributed by atoms with Crippen LogP contribution in [-0.2, 0) is 0 Å². The molecular formula is C16H17FO2. The van der Waals surface area contributed by atoms with Crippen LogP contribution in [0.4, 0.5) is 4.39 Å². The maximum absolute atomic E-state index is 13.3. The summed E-state index contributed by atoms with van der Waals surface area (Å²) in [6.07, 6.45) is 0. The maximum atomic E-state index is 13.3. The lowest BCUT2D eigenvalue weighted by atomic mass is 10.0. The fourth-order valence-electron chi connectivity index (χ4n) is 1.77. The Bertz CT molecular complexity index is 547. The van der Waals surface area contributed by atoms with Crippen molar-refractivity contribution in [3.63, 3.8) is 0 Å². The summed E-state index contributed by atoms with van der Waals surface area (Å²) in [6, 6.07) is 12.1. The number of methoxy groups -OCH3 is 1. The van der Waals surface area contributed by atoms with Crippen LogP contribution >= 0.6 is 0 Å². The van der Waals surface area contributed by atoms with Gasteiger partial charge in [0.25, 0.3) is 0 Å². The monoisotopic (exact) mass is 260 g/mol. The van der Waals surface area contributed by atoms with Crippen LogP contribution in [0.25, 0.3) is 0 Å². The Balaban J connectivity index is 2.18. The van der Waals surface area contributed by atoms with Crippen molar-refractivity contribution in [2.75, 3.05) is 7.11 Å². The minimum atomic E-state index is -0.381. The molecule has 2 aromatic rings. The molecule has 2 aromatic carbocycles. The van der Waals surface area contributed by atoms with Crippen molar-refractivity contribution in [3.05, 3.63) is 53.8 Å². The van der Waals surface area contributed by atoms with Gasteiger partial charge in [-0.25, -0.2) is 4.39 Å². The summed E-state index contributed by atoms with van der Waals surface area (Å²) in [7, 11) is 1.50. The van der Waals surface area contributed by atoms with E-state index >= 15 is 0 Å². The molecule has 0 atom stereocenters. The normalized spacial score (nSPS) is 10.6. The Morgan fingerprint density at radius 1 is 0.895 bits per heavy atom. The summed E-state index contributed by atoms with van der Waals surface area (Å²) in [5, 5.41) is 0. The second-order valence-electron chi connectivity index (χ2n) is 4.65. The zero-order valence-corrected chi connectivity index (χ0v) is 11.3. The molecule has 0 saturated heterocycles. The average molecular weight is 260 g/mol. The summed E-state index contributed by atoms with van der Waals surface area (Å²) >= 11 is 0. The Kier molecular flexibility index (Phi) is 4.05. The molecule has 0 radical (unpaired) electrons. The second-order valence-corrected chi connectivity index (χ2v) is 4.65. The molecule has 3 heteroatoms. The van der Waals surface area contributed by atoms with Gasteiger partial charge < -0.3 is 9.47 Å². The molecule has 0 bridgehead atoms. The van der Waals surface area contributed by atoms with Gasteiger partial charge in [0.2, 0.25) is 0 Å². The van der Waals surface area contributed by atoms with Crippen LogP contribution in [0.15, 0.2) is 42.5 Å². The molecule has 0 aliphatic rings. The molecule has 19 heavy (non-hydrogen) atoms. The van der Waals surface area contributed by atoms with Crippen LogP contribution in [0.1, 0.15) is 25.3 Å². The Hall–Kier alpha value is -2.03. The topological polar surface area (TPSA) is 18.5 Å². The van der Waals surface area contributed by atoms with E-state index < -0.39 is 0 Å². The van der Waals surface area contributed by atoms with Crippen LogP contribution < -0.4 is 9.47 Å². The van der Waals surface area contributed by atoms with Gasteiger partial charge in [-0.3, -0.25) is 0 Å². The van der Waals surface area contributed by atoms with Gasteiger partial charge in [0.05, 0.1) is 7.11 Å². The van der Waals surface area contributed by atoms with Crippen molar-refractivity contribution in [2.24, 2.45) is 0 Å². The van der Waals surface area contributed by atoms with E-state index in [1.165, 1.54) is 24.8 Å². The first kappa shape index (κ1) is 13.4.